The van der Waals surface area contributed by atoms with Crippen LogP contribution in [0.3, 0.4) is 0 Å². The van der Waals surface area contributed by atoms with Crippen LogP contribution in [0, 0.1) is 0 Å². The fourth-order valence-corrected chi connectivity index (χ4v) is 3.49. The van der Waals surface area contributed by atoms with Gasteiger partial charge in [0.25, 0.3) is 11.8 Å². The summed E-state index contributed by atoms with van der Waals surface area (Å²) >= 11 is 2.60. The summed E-state index contributed by atoms with van der Waals surface area (Å²) in [6.45, 7) is 3.76. The first-order valence-corrected chi connectivity index (χ1v) is 7.46. The van der Waals surface area contributed by atoms with Crippen molar-refractivity contribution in [2.75, 3.05) is 12.4 Å². The van der Waals surface area contributed by atoms with E-state index in [0.29, 0.717) is 5.69 Å². The van der Waals surface area contributed by atoms with Crippen molar-refractivity contribution in [2.45, 2.75) is 36.4 Å². The van der Waals surface area contributed by atoms with Crippen molar-refractivity contribution in [3.63, 3.8) is 0 Å². The maximum atomic E-state index is 12.4. The third-order valence-corrected chi connectivity index (χ3v) is 4.31. The van der Waals surface area contributed by atoms with Crippen LogP contribution in [0.25, 0.3) is 0 Å². The molecule has 3 atom stereocenters. The van der Waals surface area contributed by atoms with E-state index < -0.39 is 17.6 Å². The Balaban J connectivity index is 2.13. The smallest absolute Gasteiger partial charge is 0.267 e. The number of amides is 2. The van der Waals surface area contributed by atoms with Crippen LogP contribution in [0.5, 0.6) is 0 Å². The summed E-state index contributed by atoms with van der Waals surface area (Å²) in [6, 6.07) is 3.00. The largest absolute Gasteiger partial charge is 0.379 e. The predicted octanol–water partition coefficient (Wildman–Crippen LogP) is 0.268. The van der Waals surface area contributed by atoms with Crippen LogP contribution in [0.2, 0.25) is 4.78 Å². The minimum atomic E-state index is -0.671. The summed E-state index contributed by atoms with van der Waals surface area (Å²) in [5.41, 5.74) is 5.13. The molecule has 0 spiro atoms. The van der Waals surface area contributed by atoms with Crippen LogP contribution >= 0.6 is 0 Å². The van der Waals surface area contributed by atoms with Gasteiger partial charge in [-0.3, -0.25) is 14.6 Å². The lowest BCUT2D eigenvalue weighted by Crippen LogP contribution is -2.35. The van der Waals surface area contributed by atoms with E-state index in [1.165, 1.54) is 12.3 Å². The Morgan fingerprint density at radius 2 is 2.18 bits per heavy atom. The molecule has 0 aromatic carbocycles. The number of methoxy groups -OCH3 is 1. The van der Waals surface area contributed by atoms with Gasteiger partial charge in [0, 0.05) is 19.0 Å². The lowest BCUT2D eigenvalue weighted by atomic mass is 10.00. The van der Waals surface area contributed by atoms with E-state index in [1.807, 2.05) is 13.8 Å². The maximum Gasteiger partial charge on any atom is 0.267 e. The lowest BCUT2D eigenvalue weighted by Gasteiger charge is -2.26. The number of carbonyl (C=O) groups excluding carboxylic acids is 2. The van der Waals surface area contributed by atoms with Gasteiger partial charge in [-0.2, -0.15) is 0 Å². The molecule has 2 heterocycles. The van der Waals surface area contributed by atoms with E-state index in [9.17, 15) is 9.59 Å². The fraction of sp³-hybridized carbons (Fsp3) is 0.500. The number of rotatable bonds is 4. The maximum absolute atomic E-state index is 12.4. The SMILES string of the molecule is CO[C@H]1[C@@H]([Al])C(C(=O)Nc2ccnc(C(N)=O)c2)OC1(C)C. The van der Waals surface area contributed by atoms with Crippen LogP contribution in [0.4, 0.5) is 5.69 Å². The fourth-order valence-electron chi connectivity index (χ4n) is 2.62. The zero-order chi connectivity index (χ0) is 16.5. The number of ether oxygens (including phenoxy) is 2. The van der Waals surface area contributed by atoms with Crippen molar-refractivity contribution < 1.29 is 19.1 Å². The third-order valence-electron chi connectivity index (χ3n) is 3.61. The molecular formula is C14H18AlN3O4. The van der Waals surface area contributed by atoms with E-state index in [2.05, 4.69) is 26.6 Å². The quantitative estimate of drug-likeness (QED) is 0.775. The summed E-state index contributed by atoms with van der Waals surface area (Å²) in [5.74, 6) is -0.966. The molecular weight excluding hydrogens is 301 g/mol. The standard InChI is InChI=1S/C14H18N3O4.Al/c1-14(2)11(20-3)7-10(21-14)13(19)17-8-4-5-16-9(6-8)12(15)18;/h4-7,10-11H,1-3H3,(H2,15,18)(H,16,17,19);/t10?,11-;/m0./s1. The first-order valence-electron chi connectivity index (χ1n) is 6.79. The Labute approximate surface area is 137 Å². The number of hydrogen-bond acceptors (Lipinski definition) is 5. The van der Waals surface area contributed by atoms with Gasteiger partial charge in [0.1, 0.15) is 28.1 Å². The molecule has 2 radical (unpaired) electrons. The minimum Gasteiger partial charge on any atom is -0.379 e. The van der Waals surface area contributed by atoms with Crippen molar-refractivity contribution in [1.82, 2.24) is 4.98 Å². The van der Waals surface area contributed by atoms with E-state index in [4.69, 9.17) is 15.2 Å². The summed E-state index contributed by atoms with van der Waals surface area (Å²) in [4.78, 5) is 27.4. The highest BCUT2D eigenvalue weighted by Gasteiger charge is 2.49. The molecule has 2 amide bonds. The van der Waals surface area contributed by atoms with Crippen molar-refractivity contribution in [3.05, 3.63) is 24.0 Å². The van der Waals surface area contributed by atoms with E-state index in [-0.39, 0.29) is 22.5 Å². The highest BCUT2D eigenvalue weighted by molar-refractivity contribution is 6.16. The van der Waals surface area contributed by atoms with Gasteiger partial charge in [0.15, 0.2) is 0 Å². The second kappa shape index (κ2) is 6.34. The molecule has 1 saturated heterocycles. The van der Waals surface area contributed by atoms with Gasteiger partial charge in [-0.1, -0.05) is 0 Å². The molecule has 0 saturated carbocycles. The highest BCUT2D eigenvalue weighted by Crippen LogP contribution is 2.39. The normalized spacial score (nSPS) is 26.6. The summed E-state index contributed by atoms with van der Waals surface area (Å²) in [5, 5.41) is 2.71. The Bertz CT molecular complexity index is 593. The Hall–Kier alpha value is -1.46. The number of anilines is 1. The van der Waals surface area contributed by atoms with Gasteiger partial charge < -0.3 is 20.5 Å². The molecule has 0 bridgehead atoms. The Kier molecular flexibility index (Phi) is 4.88. The number of carbonyl (C=O) groups is 2. The van der Waals surface area contributed by atoms with Crippen molar-refractivity contribution in [1.29, 1.82) is 0 Å². The molecule has 0 aliphatic carbocycles. The minimum absolute atomic E-state index is 0.0858. The number of hydrogen-bond donors (Lipinski definition) is 2. The average molecular weight is 319 g/mol. The second-order valence-electron chi connectivity index (χ2n) is 5.66. The number of nitrogens with two attached hydrogens (primary N) is 1. The van der Waals surface area contributed by atoms with Crippen molar-refractivity contribution >= 4 is 33.8 Å². The molecule has 3 N–H and O–H groups in total. The van der Waals surface area contributed by atoms with Crippen LogP contribution < -0.4 is 11.1 Å². The van der Waals surface area contributed by atoms with Gasteiger partial charge in [-0.05, 0) is 30.8 Å². The zero-order valence-electron chi connectivity index (χ0n) is 12.7. The number of pyridine rings is 1. The van der Waals surface area contributed by atoms with E-state index >= 15 is 0 Å². The van der Waals surface area contributed by atoms with Gasteiger partial charge in [-0.25, -0.2) is 0 Å². The molecule has 7 nitrogen and oxygen atoms in total. The Morgan fingerprint density at radius 1 is 1.50 bits per heavy atom. The first kappa shape index (κ1) is 16.9. The number of nitrogens with one attached hydrogen (secondary N) is 1. The molecule has 1 unspecified atom stereocenters. The van der Waals surface area contributed by atoms with E-state index in [0.717, 1.165) is 0 Å². The van der Waals surface area contributed by atoms with Gasteiger partial charge in [0.05, 0.1) is 11.7 Å². The molecule has 1 aliphatic rings. The summed E-state index contributed by atoms with van der Waals surface area (Å²) in [7, 11) is 1.59. The topological polar surface area (TPSA) is 104 Å². The van der Waals surface area contributed by atoms with Crippen LogP contribution in [-0.2, 0) is 14.3 Å². The Morgan fingerprint density at radius 3 is 2.73 bits per heavy atom. The predicted molar refractivity (Wildman–Crippen MR) is 80.6 cm³/mol. The molecule has 2 rings (SSSR count). The molecule has 22 heavy (non-hydrogen) atoms. The molecule has 1 fully saturated rings. The van der Waals surface area contributed by atoms with Crippen molar-refractivity contribution in [3.8, 4) is 0 Å². The number of primary amides is 1. The van der Waals surface area contributed by atoms with Gasteiger partial charge in [0.2, 0.25) is 0 Å². The van der Waals surface area contributed by atoms with Crippen molar-refractivity contribution in [2.24, 2.45) is 5.73 Å². The first-order chi connectivity index (χ1) is 10.3. The van der Waals surface area contributed by atoms with Gasteiger partial charge in [-0.15, -0.1) is 0 Å². The highest BCUT2D eigenvalue weighted by atomic mass is 27.0. The molecule has 116 valence electrons. The summed E-state index contributed by atoms with van der Waals surface area (Å²) < 4.78 is 11.1. The summed E-state index contributed by atoms with van der Waals surface area (Å²) in [6.07, 6.45) is 0.521. The van der Waals surface area contributed by atoms with E-state index in [1.54, 1.807) is 13.2 Å². The third kappa shape index (κ3) is 3.31. The molecule has 1 aromatic rings. The van der Waals surface area contributed by atoms with Crippen LogP contribution in [0.15, 0.2) is 18.3 Å². The van der Waals surface area contributed by atoms with Crippen LogP contribution in [-0.4, -0.2) is 58.0 Å². The van der Waals surface area contributed by atoms with Gasteiger partial charge >= 0.3 is 0 Å². The number of nitrogens with zero attached hydrogens (tertiary/aromatic N) is 1. The number of aromatic nitrogens is 1. The monoisotopic (exact) mass is 319 g/mol. The van der Waals surface area contributed by atoms with Crippen LogP contribution in [0.1, 0.15) is 24.3 Å². The molecule has 8 heteroatoms. The zero-order valence-corrected chi connectivity index (χ0v) is 13.9. The molecule has 1 aromatic heterocycles. The molecule has 1 aliphatic heterocycles. The average Bonchev–Trinajstić information content (AvgIpc) is 2.68. The second-order valence-corrected chi connectivity index (χ2v) is 6.43. The lowest BCUT2D eigenvalue weighted by molar-refractivity contribution is -0.131.